The maximum Gasteiger partial charge on any atom is 0.128 e. The predicted molar refractivity (Wildman–Crippen MR) is 80.9 cm³/mol. The molecule has 2 aromatic rings. The van der Waals surface area contributed by atoms with Crippen LogP contribution in [0.3, 0.4) is 0 Å². The first-order valence-electron chi connectivity index (χ1n) is 5.83. The van der Waals surface area contributed by atoms with Crippen molar-refractivity contribution in [1.29, 1.82) is 0 Å². The van der Waals surface area contributed by atoms with Crippen molar-refractivity contribution in [1.82, 2.24) is 0 Å². The lowest BCUT2D eigenvalue weighted by atomic mass is 10.2. The van der Waals surface area contributed by atoms with Crippen LogP contribution in [0.15, 0.2) is 46.9 Å². The van der Waals surface area contributed by atoms with E-state index >= 15 is 0 Å². The molecule has 0 amide bonds. The van der Waals surface area contributed by atoms with E-state index in [4.69, 9.17) is 21.1 Å². The van der Waals surface area contributed by atoms with Crippen LogP contribution in [0.5, 0.6) is 11.5 Å². The van der Waals surface area contributed by atoms with Gasteiger partial charge in [0.25, 0.3) is 0 Å². The summed E-state index contributed by atoms with van der Waals surface area (Å²) in [6.45, 7) is 0.575. The zero-order valence-electron chi connectivity index (χ0n) is 10.5. The first-order chi connectivity index (χ1) is 9.22. The molecule has 0 heterocycles. The molecular formula is C15H14BrClO2. The molecule has 4 heteroatoms. The lowest BCUT2D eigenvalue weighted by Crippen LogP contribution is -1.90. The second kappa shape index (κ2) is 6.94. The van der Waals surface area contributed by atoms with Crippen molar-refractivity contribution in [3.05, 3.63) is 58.1 Å². The second-order valence-corrected chi connectivity index (χ2v) is 5.19. The topological polar surface area (TPSA) is 18.5 Å². The van der Waals surface area contributed by atoms with Crippen molar-refractivity contribution in [2.45, 2.75) is 12.5 Å². The fourth-order valence-electron chi connectivity index (χ4n) is 1.70. The molecule has 0 N–H and O–H groups in total. The Bertz CT molecular complexity index is 558. The van der Waals surface area contributed by atoms with Crippen LogP contribution in [-0.2, 0) is 17.2 Å². The van der Waals surface area contributed by atoms with Gasteiger partial charge in [-0.3, -0.25) is 0 Å². The minimum absolute atomic E-state index is 0.476. The van der Waals surface area contributed by atoms with E-state index in [0.717, 1.165) is 27.1 Å². The number of halogens is 2. The van der Waals surface area contributed by atoms with Crippen molar-refractivity contribution < 1.29 is 9.47 Å². The molecule has 0 aliphatic rings. The monoisotopic (exact) mass is 340 g/mol. The largest absolute Gasteiger partial charge is 0.457 e. The second-order valence-electron chi connectivity index (χ2n) is 4.07. The summed E-state index contributed by atoms with van der Waals surface area (Å²) in [5.74, 6) is 2.04. The number of hydrogen-bond acceptors (Lipinski definition) is 2. The zero-order valence-corrected chi connectivity index (χ0v) is 12.9. The van der Waals surface area contributed by atoms with E-state index in [1.54, 1.807) is 7.11 Å². The van der Waals surface area contributed by atoms with Gasteiger partial charge in [0.15, 0.2) is 0 Å². The molecule has 0 fully saturated rings. The van der Waals surface area contributed by atoms with Gasteiger partial charge in [-0.15, -0.1) is 11.6 Å². The van der Waals surface area contributed by atoms with Crippen molar-refractivity contribution in [2.24, 2.45) is 0 Å². The zero-order chi connectivity index (χ0) is 13.7. The first-order valence-corrected chi connectivity index (χ1v) is 7.16. The first kappa shape index (κ1) is 14.4. The molecule has 100 valence electrons. The fraction of sp³-hybridized carbons (Fsp3) is 0.200. The fourth-order valence-corrected chi connectivity index (χ4v) is 2.59. The Kier molecular flexibility index (Phi) is 5.25. The summed E-state index contributed by atoms with van der Waals surface area (Å²) >= 11 is 9.29. The highest BCUT2D eigenvalue weighted by Crippen LogP contribution is 2.28. The molecular weight excluding hydrogens is 328 g/mol. The molecule has 0 unspecified atom stereocenters. The highest BCUT2D eigenvalue weighted by Gasteiger charge is 2.03. The van der Waals surface area contributed by atoms with E-state index in [2.05, 4.69) is 15.9 Å². The third-order valence-corrected chi connectivity index (χ3v) is 3.64. The van der Waals surface area contributed by atoms with Crippen molar-refractivity contribution >= 4 is 27.5 Å². The van der Waals surface area contributed by atoms with Crippen LogP contribution < -0.4 is 4.74 Å². The molecule has 0 spiro atoms. The van der Waals surface area contributed by atoms with Gasteiger partial charge in [-0.05, 0) is 35.4 Å². The number of rotatable bonds is 5. The van der Waals surface area contributed by atoms with Crippen LogP contribution in [0.4, 0.5) is 0 Å². The van der Waals surface area contributed by atoms with Gasteiger partial charge >= 0.3 is 0 Å². The molecule has 0 aromatic heterocycles. The van der Waals surface area contributed by atoms with Crippen LogP contribution in [0.2, 0.25) is 0 Å². The third kappa shape index (κ3) is 3.96. The van der Waals surface area contributed by atoms with E-state index in [1.165, 1.54) is 0 Å². The molecule has 19 heavy (non-hydrogen) atoms. The van der Waals surface area contributed by atoms with E-state index in [1.807, 2.05) is 42.5 Å². The molecule has 0 bridgehead atoms. The Morgan fingerprint density at radius 1 is 1.11 bits per heavy atom. The van der Waals surface area contributed by atoms with Crippen LogP contribution in [0.25, 0.3) is 0 Å². The lowest BCUT2D eigenvalue weighted by molar-refractivity contribution is 0.184. The normalized spacial score (nSPS) is 10.5. The number of methoxy groups -OCH3 is 1. The summed E-state index contributed by atoms with van der Waals surface area (Å²) in [7, 11) is 1.68. The number of hydrogen-bond donors (Lipinski definition) is 0. The highest BCUT2D eigenvalue weighted by molar-refractivity contribution is 9.10. The van der Waals surface area contributed by atoms with Gasteiger partial charge < -0.3 is 9.47 Å². The lowest BCUT2D eigenvalue weighted by Gasteiger charge is -2.09. The Morgan fingerprint density at radius 3 is 2.58 bits per heavy atom. The van der Waals surface area contributed by atoms with Crippen LogP contribution in [0, 0.1) is 0 Å². The predicted octanol–water partition coefficient (Wildman–Crippen LogP) is 5.13. The SMILES string of the molecule is COCc1cccc(Oc2ccc(CCl)c(Br)c2)c1. The van der Waals surface area contributed by atoms with E-state index in [-0.39, 0.29) is 0 Å². The van der Waals surface area contributed by atoms with Gasteiger partial charge in [0.1, 0.15) is 11.5 Å². The smallest absolute Gasteiger partial charge is 0.128 e. The molecule has 0 saturated heterocycles. The van der Waals surface area contributed by atoms with Crippen molar-refractivity contribution in [3.8, 4) is 11.5 Å². The summed E-state index contributed by atoms with van der Waals surface area (Å²) in [6.07, 6.45) is 0. The Morgan fingerprint density at radius 2 is 1.89 bits per heavy atom. The maximum absolute atomic E-state index is 5.82. The summed E-state index contributed by atoms with van der Waals surface area (Å²) in [5, 5.41) is 0. The van der Waals surface area contributed by atoms with Gasteiger partial charge in [0.05, 0.1) is 6.61 Å². The molecule has 2 rings (SSSR count). The number of benzene rings is 2. The molecule has 0 saturated carbocycles. The Labute approximate surface area is 126 Å². The van der Waals surface area contributed by atoms with Crippen LogP contribution >= 0.6 is 27.5 Å². The summed E-state index contributed by atoms with van der Waals surface area (Å²) in [6, 6.07) is 13.6. The summed E-state index contributed by atoms with van der Waals surface area (Å²) < 4.78 is 11.9. The average molecular weight is 342 g/mol. The summed E-state index contributed by atoms with van der Waals surface area (Å²) in [4.78, 5) is 0. The van der Waals surface area contributed by atoms with Crippen molar-refractivity contribution in [2.75, 3.05) is 7.11 Å². The summed E-state index contributed by atoms with van der Waals surface area (Å²) in [5.41, 5.74) is 2.12. The Hall–Kier alpha value is -1.03. The maximum atomic E-state index is 5.82. The standard InChI is InChI=1S/C15H14BrClO2/c1-18-10-11-3-2-4-13(7-11)19-14-6-5-12(9-17)15(16)8-14/h2-8H,9-10H2,1H3. The van der Waals surface area contributed by atoms with E-state index < -0.39 is 0 Å². The van der Waals surface area contributed by atoms with Gasteiger partial charge in [-0.25, -0.2) is 0 Å². The molecule has 0 aliphatic carbocycles. The molecule has 0 atom stereocenters. The molecule has 2 aromatic carbocycles. The number of ether oxygens (including phenoxy) is 2. The van der Waals surface area contributed by atoms with Gasteiger partial charge in [-0.2, -0.15) is 0 Å². The minimum Gasteiger partial charge on any atom is -0.457 e. The van der Waals surface area contributed by atoms with Crippen LogP contribution in [-0.4, -0.2) is 7.11 Å². The minimum atomic E-state index is 0.476. The van der Waals surface area contributed by atoms with Crippen molar-refractivity contribution in [3.63, 3.8) is 0 Å². The molecule has 2 nitrogen and oxygen atoms in total. The van der Waals surface area contributed by atoms with Gasteiger partial charge in [0.2, 0.25) is 0 Å². The molecule has 0 radical (unpaired) electrons. The quantitative estimate of drug-likeness (QED) is 0.702. The van der Waals surface area contributed by atoms with E-state index in [0.29, 0.717) is 12.5 Å². The van der Waals surface area contributed by atoms with E-state index in [9.17, 15) is 0 Å². The van der Waals surface area contributed by atoms with Gasteiger partial charge in [-0.1, -0.05) is 34.1 Å². The number of alkyl halides is 1. The average Bonchev–Trinajstić information content (AvgIpc) is 2.40. The Balaban J connectivity index is 2.16. The highest BCUT2D eigenvalue weighted by atomic mass is 79.9. The van der Waals surface area contributed by atoms with Crippen LogP contribution in [0.1, 0.15) is 11.1 Å². The third-order valence-electron chi connectivity index (χ3n) is 2.61. The van der Waals surface area contributed by atoms with Gasteiger partial charge in [0, 0.05) is 17.5 Å². The molecule has 0 aliphatic heterocycles.